The predicted molar refractivity (Wildman–Crippen MR) is 70.7 cm³/mol. The zero-order valence-electron chi connectivity index (χ0n) is 9.13. The summed E-state index contributed by atoms with van der Waals surface area (Å²) in [6.45, 7) is 5.98. The van der Waals surface area contributed by atoms with E-state index in [9.17, 15) is 0 Å². The average Bonchev–Trinajstić information content (AvgIpc) is 2.16. The van der Waals surface area contributed by atoms with E-state index in [1.54, 1.807) is 12.5 Å². The topological polar surface area (TPSA) is 63.8 Å². The number of nitrogens with zero attached hydrogens (tertiary/aromatic N) is 2. The first-order chi connectivity index (χ1) is 7.05. The van der Waals surface area contributed by atoms with Gasteiger partial charge in [-0.25, -0.2) is 9.97 Å². The molecule has 0 atom stereocenters. The molecule has 0 aromatic carbocycles. The van der Waals surface area contributed by atoms with Crippen molar-refractivity contribution in [3.8, 4) is 0 Å². The lowest BCUT2D eigenvalue weighted by Gasteiger charge is -2.24. The minimum atomic E-state index is 0.197. The summed E-state index contributed by atoms with van der Waals surface area (Å²) >= 11 is 2.22. The first kappa shape index (κ1) is 12.6. The van der Waals surface area contributed by atoms with Crippen molar-refractivity contribution in [3.05, 3.63) is 16.1 Å². The van der Waals surface area contributed by atoms with Crippen LogP contribution in [0.25, 0.3) is 0 Å². The Balaban J connectivity index is 2.53. The highest BCUT2D eigenvalue weighted by molar-refractivity contribution is 14.1. The number of rotatable bonds is 5. The second-order valence-corrected chi connectivity index (χ2v) is 5.44. The van der Waals surface area contributed by atoms with Crippen molar-refractivity contribution < 1.29 is 0 Å². The van der Waals surface area contributed by atoms with Crippen molar-refractivity contribution in [1.29, 1.82) is 0 Å². The Morgan fingerprint density at radius 3 is 2.87 bits per heavy atom. The molecule has 0 aliphatic carbocycles. The molecule has 0 radical (unpaired) electrons. The molecule has 15 heavy (non-hydrogen) atoms. The van der Waals surface area contributed by atoms with Gasteiger partial charge in [0.1, 0.15) is 12.1 Å². The molecule has 4 nitrogen and oxygen atoms in total. The molecule has 0 bridgehead atoms. The Bertz CT molecular complexity index is 314. The zero-order valence-corrected chi connectivity index (χ0v) is 11.3. The number of aromatic nitrogens is 2. The smallest absolute Gasteiger partial charge is 0.142 e. The number of nitrogens with two attached hydrogens (primary N) is 1. The van der Waals surface area contributed by atoms with E-state index in [-0.39, 0.29) is 5.41 Å². The van der Waals surface area contributed by atoms with Gasteiger partial charge < -0.3 is 11.1 Å². The fourth-order valence-electron chi connectivity index (χ4n) is 1.24. The Kier molecular flexibility index (Phi) is 4.72. The fraction of sp³-hybridized carbons (Fsp3) is 0.600. The Labute approximate surface area is 104 Å². The zero-order chi connectivity index (χ0) is 11.3. The molecular weight excluding hydrogens is 303 g/mol. The van der Waals surface area contributed by atoms with E-state index in [4.69, 9.17) is 5.73 Å². The van der Waals surface area contributed by atoms with Gasteiger partial charge in [-0.2, -0.15) is 0 Å². The molecule has 1 heterocycles. The highest BCUT2D eigenvalue weighted by Crippen LogP contribution is 2.21. The first-order valence-electron chi connectivity index (χ1n) is 4.94. The van der Waals surface area contributed by atoms with Crippen LogP contribution in [0.3, 0.4) is 0 Å². The SMILES string of the molecule is CC(C)(CCN)CNc1ncncc1I. The van der Waals surface area contributed by atoms with Gasteiger partial charge in [-0.05, 0) is 41.0 Å². The lowest BCUT2D eigenvalue weighted by atomic mass is 9.89. The van der Waals surface area contributed by atoms with Crippen LogP contribution in [-0.2, 0) is 0 Å². The van der Waals surface area contributed by atoms with E-state index >= 15 is 0 Å². The van der Waals surface area contributed by atoms with Gasteiger partial charge in [0.2, 0.25) is 0 Å². The van der Waals surface area contributed by atoms with Crippen LogP contribution in [0.2, 0.25) is 0 Å². The van der Waals surface area contributed by atoms with Gasteiger partial charge in [0.05, 0.1) is 3.57 Å². The lowest BCUT2D eigenvalue weighted by Crippen LogP contribution is -2.26. The minimum Gasteiger partial charge on any atom is -0.369 e. The molecular formula is C10H17IN4. The van der Waals surface area contributed by atoms with Crippen molar-refractivity contribution in [2.45, 2.75) is 20.3 Å². The number of anilines is 1. The molecule has 0 saturated heterocycles. The molecule has 1 rings (SSSR count). The molecule has 0 amide bonds. The van der Waals surface area contributed by atoms with E-state index in [1.807, 2.05) is 0 Å². The largest absolute Gasteiger partial charge is 0.369 e. The number of hydrogen-bond donors (Lipinski definition) is 2. The summed E-state index contributed by atoms with van der Waals surface area (Å²) < 4.78 is 1.04. The van der Waals surface area contributed by atoms with E-state index < -0.39 is 0 Å². The van der Waals surface area contributed by atoms with Crippen LogP contribution >= 0.6 is 22.6 Å². The molecule has 1 aromatic heterocycles. The maximum atomic E-state index is 5.56. The summed E-state index contributed by atoms with van der Waals surface area (Å²) in [6, 6.07) is 0. The second-order valence-electron chi connectivity index (χ2n) is 4.28. The Morgan fingerprint density at radius 2 is 2.27 bits per heavy atom. The van der Waals surface area contributed by atoms with Crippen LogP contribution < -0.4 is 11.1 Å². The molecule has 1 aromatic rings. The molecule has 0 spiro atoms. The Hall–Kier alpha value is -0.430. The summed E-state index contributed by atoms with van der Waals surface area (Å²) in [6.07, 6.45) is 4.36. The molecule has 3 N–H and O–H groups in total. The van der Waals surface area contributed by atoms with Gasteiger partial charge in [-0.15, -0.1) is 0 Å². The summed E-state index contributed by atoms with van der Waals surface area (Å²) in [5.41, 5.74) is 5.76. The van der Waals surface area contributed by atoms with Crippen LogP contribution in [0, 0.1) is 8.99 Å². The maximum absolute atomic E-state index is 5.56. The first-order valence-corrected chi connectivity index (χ1v) is 6.02. The molecule has 0 aliphatic heterocycles. The maximum Gasteiger partial charge on any atom is 0.142 e. The van der Waals surface area contributed by atoms with Gasteiger partial charge in [-0.1, -0.05) is 13.8 Å². The average molecular weight is 320 g/mol. The summed E-state index contributed by atoms with van der Waals surface area (Å²) in [5.74, 6) is 0.899. The minimum absolute atomic E-state index is 0.197. The monoisotopic (exact) mass is 320 g/mol. The van der Waals surface area contributed by atoms with Crippen molar-refractivity contribution >= 4 is 28.4 Å². The van der Waals surface area contributed by atoms with E-state index in [0.717, 1.165) is 28.9 Å². The van der Waals surface area contributed by atoms with Crippen molar-refractivity contribution in [2.75, 3.05) is 18.4 Å². The molecule has 0 fully saturated rings. The highest BCUT2D eigenvalue weighted by atomic mass is 127. The third-order valence-corrected chi connectivity index (χ3v) is 3.01. The number of nitrogens with one attached hydrogen (secondary N) is 1. The van der Waals surface area contributed by atoms with E-state index in [0.29, 0.717) is 0 Å². The van der Waals surface area contributed by atoms with Gasteiger partial charge in [0.15, 0.2) is 0 Å². The molecule has 84 valence electrons. The highest BCUT2D eigenvalue weighted by Gasteiger charge is 2.16. The summed E-state index contributed by atoms with van der Waals surface area (Å²) in [7, 11) is 0. The third kappa shape index (κ3) is 4.29. The van der Waals surface area contributed by atoms with Crippen LogP contribution in [0.4, 0.5) is 5.82 Å². The van der Waals surface area contributed by atoms with Gasteiger partial charge in [-0.3, -0.25) is 0 Å². The quantitative estimate of drug-likeness (QED) is 0.813. The van der Waals surface area contributed by atoms with Gasteiger partial charge in [0, 0.05) is 12.7 Å². The van der Waals surface area contributed by atoms with E-state index in [1.165, 1.54) is 0 Å². The van der Waals surface area contributed by atoms with Crippen molar-refractivity contribution in [3.63, 3.8) is 0 Å². The number of hydrogen-bond acceptors (Lipinski definition) is 4. The van der Waals surface area contributed by atoms with Gasteiger partial charge in [0.25, 0.3) is 0 Å². The van der Waals surface area contributed by atoms with Crippen molar-refractivity contribution in [1.82, 2.24) is 9.97 Å². The summed E-state index contributed by atoms with van der Waals surface area (Å²) in [5, 5.41) is 3.32. The molecule has 0 aliphatic rings. The van der Waals surface area contributed by atoms with Crippen LogP contribution in [-0.4, -0.2) is 23.1 Å². The lowest BCUT2D eigenvalue weighted by molar-refractivity contribution is 0.365. The van der Waals surface area contributed by atoms with Crippen molar-refractivity contribution in [2.24, 2.45) is 11.1 Å². The normalized spacial score (nSPS) is 11.5. The van der Waals surface area contributed by atoms with Crippen LogP contribution in [0.5, 0.6) is 0 Å². The molecule has 5 heteroatoms. The van der Waals surface area contributed by atoms with Crippen LogP contribution in [0.1, 0.15) is 20.3 Å². The predicted octanol–water partition coefficient (Wildman–Crippen LogP) is 1.87. The van der Waals surface area contributed by atoms with Crippen LogP contribution in [0.15, 0.2) is 12.5 Å². The fourth-order valence-corrected chi connectivity index (χ4v) is 1.74. The molecule has 0 unspecified atom stereocenters. The Morgan fingerprint density at radius 1 is 1.53 bits per heavy atom. The van der Waals surface area contributed by atoms with Gasteiger partial charge >= 0.3 is 0 Å². The third-order valence-electron chi connectivity index (χ3n) is 2.22. The molecule has 0 saturated carbocycles. The van der Waals surface area contributed by atoms with E-state index in [2.05, 4.69) is 51.7 Å². The number of halogens is 1. The summed E-state index contributed by atoms with van der Waals surface area (Å²) in [4.78, 5) is 8.13. The standard InChI is InChI=1S/C10H17IN4/c1-10(2,3-4-12)6-14-9-8(11)5-13-7-15-9/h5,7H,3-4,6,12H2,1-2H3,(H,13,14,15). The second kappa shape index (κ2) is 5.60.